The first-order chi connectivity index (χ1) is 13.0. The molecule has 0 radical (unpaired) electrons. The summed E-state index contributed by atoms with van der Waals surface area (Å²) in [6, 6.07) is 2.04. The summed E-state index contributed by atoms with van der Waals surface area (Å²) in [5.41, 5.74) is -0.177. The highest BCUT2D eigenvalue weighted by atomic mass is 16.2. The third kappa shape index (κ3) is 3.41. The van der Waals surface area contributed by atoms with Crippen molar-refractivity contribution in [3.63, 3.8) is 0 Å². The van der Waals surface area contributed by atoms with E-state index in [4.69, 9.17) is 0 Å². The Kier molecular flexibility index (Phi) is 4.59. The molecule has 2 aliphatic rings. The molecule has 0 aromatic carbocycles. The number of fused-ring (bicyclic) bond motifs is 1. The Morgan fingerprint density at radius 2 is 1.85 bits per heavy atom. The van der Waals surface area contributed by atoms with Crippen molar-refractivity contribution < 1.29 is 4.79 Å². The summed E-state index contributed by atoms with van der Waals surface area (Å²) in [6.45, 7) is 2.49. The van der Waals surface area contributed by atoms with Gasteiger partial charge >= 0.3 is 5.69 Å². The molecule has 27 heavy (non-hydrogen) atoms. The Labute approximate surface area is 156 Å². The molecule has 1 amide bonds. The lowest BCUT2D eigenvalue weighted by molar-refractivity contribution is 0.0704. The van der Waals surface area contributed by atoms with E-state index in [0.29, 0.717) is 30.3 Å². The second-order valence-electron chi connectivity index (χ2n) is 7.72. The Bertz CT molecular complexity index is 997. The number of pyridine rings is 1. The zero-order valence-corrected chi connectivity index (χ0v) is 15.8. The van der Waals surface area contributed by atoms with Crippen LogP contribution in [-0.4, -0.2) is 50.6 Å². The molecule has 1 N–H and O–H groups in total. The van der Waals surface area contributed by atoms with E-state index in [-0.39, 0.29) is 11.3 Å². The summed E-state index contributed by atoms with van der Waals surface area (Å²) < 4.78 is 2.36. The van der Waals surface area contributed by atoms with Gasteiger partial charge in [0.2, 0.25) is 0 Å². The molecule has 0 spiro atoms. The molecule has 3 heterocycles. The minimum Gasteiger partial charge on any atom is -0.338 e. The molecule has 1 saturated carbocycles. The van der Waals surface area contributed by atoms with Crippen LogP contribution in [0.1, 0.15) is 36.0 Å². The smallest absolute Gasteiger partial charge is 0.332 e. The highest BCUT2D eigenvalue weighted by Crippen LogP contribution is 2.28. The van der Waals surface area contributed by atoms with Gasteiger partial charge in [-0.2, -0.15) is 0 Å². The van der Waals surface area contributed by atoms with E-state index in [1.807, 2.05) is 4.90 Å². The predicted molar refractivity (Wildman–Crippen MR) is 102 cm³/mol. The van der Waals surface area contributed by atoms with Gasteiger partial charge in [-0.3, -0.25) is 18.7 Å². The van der Waals surface area contributed by atoms with Crippen LogP contribution in [0.15, 0.2) is 21.9 Å². The molecule has 2 aromatic rings. The first-order valence-electron chi connectivity index (χ1n) is 9.54. The van der Waals surface area contributed by atoms with Crippen LogP contribution in [-0.2, 0) is 14.1 Å². The van der Waals surface area contributed by atoms with Crippen LogP contribution in [0.5, 0.6) is 0 Å². The van der Waals surface area contributed by atoms with Crippen LogP contribution >= 0.6 is 0 Å². The van der Waals surface area contributed by atoms with Gasteiger partial charge in [0.05, 0.1) is 10.9 Å². The third-order valence-corrected chi connectivity index (χ3v) is 5.71. The van der Waals surface area contributed by atoms with E-state index >= 15 is 0 Å². The maximum Gasteiger partial charge on any atom is 0.332 e. The fourth-order valence-corrected chi connectivity index (χ4v) is 3.71. The molecule has 0 bridgehead atoms. The SMILES string of the molecule is Cn1c(=O)c2cc(C(=O)N3CCC(NCC4CC4)CC3)cnc2n(C)c1=O. The highest BCUT2D eigenvalue weighted by molar-refractivity contribution is 5.96. The number of hydrogen-bond acceptors (Lipinski definition) is 5. The van der Waals surface area contributed by atoms with Gasteiger partial charge in [0.25, 0.3) is 11.5 Å². The molecular formula is C19H25N5O3. The first kappa shape index (κ1) is 17.9. The van der Waals surface area contributed by atoms with Gasteiger partial charge in [-0.25, -0.2) is 9.78 Å². The molecule has 0 unspecified atom stereocenters. The lowest BCUT2D eigenvalue weighted by atomic mass is 10.0. The number of piperidine rings is 1. The summed E-state index contributed by atoms with van der Waals surface area (Å²) in [4.78, 5) is 43.3. The van der Waals surface area contributed by atoms with Gasteiger partial charge in [-0.05, 0) is 44.2 Å². The molecule has 144 valence electrons. The van der Waals surface area contributed by atoms with Crippen LogP contribution in [0, 0.1) is 5.92 Å². The lowest BCUT2D eigenvalue weighted by Gasteiger charge is -2.32. The Morgan fingerprint density at radius 3 is 2.52 bits per heavy atom. The van der Waals surface area contributed by atoms with Gasteiger partial charge < -0.3 is 10.2 Å². The Hall–Kier alpha value is -2.48. The number of likely N-dealkylation sites (tertiary alicyclic amines) is 1. The van der Waals surface area contributed by atoms with Gasteiger partial charge in [0, 0.05) is 39.4 Å². The average Bonchev–Trinajstić information content (AvgIpc) is 3.53. The van der Waals surface area contributed by atoms with Crippen molar-refractivity contribution in [3.8, 4) is 0 Å². The largest absolute Gasteiger partial charge is 0.338 e. The summed E-state index contributed by atoms with van der Waals surface area (Å²) in [5.74, 6) is 0.743. The van der Waals surface area contributed by atoms with Crippen molar-refractivity contribution in [2.75, 3.05) is 19.6 Å². The third-order valence-electron chi connectivity index (χ3n) is 5.71. The Balaban J connectivity index is 1.51. The quantitative estimate of drug-likeness (QED) is 0.831. The van der Waals surface area contributed by atoms with Crippen LogP contribution in [0.3, 0.4) is 0 Å². The molecule has 2 aromatic heterocycles. The fourth-order valence-electron chi connectivity index (χ4n) is 3.71. The lowest BCUT2D eigenvalue weighted by Crippen LogP contribution is -2.45. The molecule has 1 aliphatic carbocycles. The summed E-state index contributed by atoms with van der Waals surface area (Å²) in [5, 5.41) is 3.89. The van der Waals surface area contributed by atoms with Crippen molar-refractivity contribution in [1.82, 2.24) is 24.3 Å². The van der Waals surface area contributed by atoms with Gasteiger partial charge in [0.15, 0.2) is 0 Å². The number of nitrogens with zero attached hydrogens (tertiary/aromatic N) is 4. The van der Waals surface area contributed by atoms with E-state index in [1.165, 1.54) is 30.7 Å². The number of nitrogens with one attached hydrogen (secondary N) is 1. The maximum atomic E-state index is 12.9. The Morgan fingerprint density at radius 1 is 1.15 bits per heavy atom. The van der Waals surface area contributed by atoms with E-state index in [9.17, 15) is 14.4 Å². The standard InChI is InChI=1S/C19H25N5O3/c1-22-16-15(18(26)23(2)19(22)27)9-13(11-21-16)17(25)24-7-5-14(6-8-24)20-10-12-3-4-12/h9,11-12,14,20H,3-8,10H2,1-2H3. The summed E-state index contributed by atoms with van der Waals surface area (Å²) in [6.07, 6.45) is 6.02. The zero-order valence-electron chi connectivity index (χ0n) is 15.8. The molecule has 4 rings (SSSR count). The number of hydrogen-bond donors (Lipinski definition) is 1. The number of carbonyl (C=O) groups excluding carboxylic acids is 1. The molecule has 2 fully saturated rings. The van der Waals surface area contributed by atoms with Crippen molar-refractivity contribution >= 4 is 16.9 Å². The molecular weight excluding hydrogens is 346 g/mol. The van der Waals surface area contributed by atoms with E-state index in [1.54, 1.807) is 13.1 Å². The van der Waals surface area contributed by atoms with Gasteiger partial charge in [-0.1, -0.05) is 0 Å². The fraction of sp³-hybridized carbons (Fsp3) is 0.579. The summed E-state index contributed by atoms with van der Waals surface area (Å²) in [7, 11) is 3.00. The number of carbonyl (C=O) groups is 1. The minimum absolute atomic E-state index is 0.110. The topological polar surface area (TPSA) is 89.2 Å². The van der Waals surface area contributed by atoms with Gasteiger partial charge in [0.1, 0.15) is 5.65 Å². The number of aromatic nitrogens is 3. The van der Waals surface area contributed by atoms with Crippen LogP contribution in [0.2, 0.25) is 0 Å². The number of amides is 1. The van der Waals surface area contributed by atoms with E-state index in [2.05, 4.69) is 10.3 Å². The molecule has 1 aliphatic heterocycles. The molecule has 0 atom stereocenters. The van der Waals surface area contributed by atoms with Crippen molar-refractivity contribution in [3.05, 3.63) is 38.7 Å². The number of rotatable bonds is 4. The molecule has 8 heteroatoms. The van der Waals surface area contributed by atoms with Crippen molar-refractivity contribution in [1.29, 1.82) is 0 Å². The van der Waals surface area contributed by atoms with E-state index in [0.717, 1.165) is 29.9 Å². The van der Waals surface area contributed by atoms with Crippen LogP contribution in [0.4, 0.5) is 0 Å². The van der Waals surface area contributed by atoms with E-state index < -0.39 is 11.2 Å². The average molecular weight is 371 g/mol. The molecule has 1 saturated heterocycles. The predicted octanol–water partition coefficient (Wildman–Crippen LogP) is 0.236. The van der Waals surface area contributed by atoms with Gasteiger partial charge in [-0.15, -0.1) is 0 Å². The van der Waals surface area contributed by atoms with Crippen LogP contribution < -0.4 is 16.6 Å². The second-order valence-corrected chi connectivity index (χ2v) is 7.72. The maximum absolute atomic E-state index is 12.9. The normalized spacial score (nSPS) is 18.2. The minimum atomic E-state index is -0.432. The first-order valence-corrected chi connectivity index (χ1v) is 9.54. The number of aryl methyl sites for hydroxylation is 1. The van der Waals surface area contributed by atoms with Crippen LogP contribution in [0.25, 0.3) is 11.0 Å². The zero-order chi connectivity index (χ0) is 19.1. The molecule has 8 nitrogen and oxygen atoms in total. The highest BCUT2D eigenvalue weighted by Gasteiger charge is 2.26. The second kappa shape index (κ2) is 6.92. The van der Waals surface area contributed by atoms with Crippen molar-refractivity contribution in [2.24, 2.45) is 20.0 Å². The summed E-state index contributed by atoms with van der Waals surface area (Å²) >= 11 is 0. The van der Waals surface area contributed by atoms with Crippen molar-refractivity contribution in [2.45, 2.75) is 31.7 Å². The monoisotopic (exact) mass is 371 g/mol.